The first-order valence-electron chi connectivity index (χ1n) is 4.02. The molecule has 0 N–H and O–H groups in total. The van der Waals surface area contributed by atoms with E-state index in [9.17, 15) is 0 Å². The van der Waals surface area contributed by atoms with Crippen LogP contribution in [0.5, 0.6) is 5.75 Å². The van der Waals surface area contributed by atoms with Crippen LogP contribution in [-0.2, 0) is 0 Å². The topological polar surface area (TPSA) is 45.9 Å². The quantitative estimate of drug-likeness (QED) is 0.743. The van der Waals surface area contributed by atoms with E-state index in [0.29, 0.717) is 22.0 Å². The van der Waals surface area contributed by atoms with Crippen LogP contribution in [0.15, 0.2) is 16.9 Å². The largest absolute Gasteiger partial charge is 0.489 e. The van der Waals surface area contributed by atoms with Gasteiger partial charge in [-0.15, -0.1) is 0 Å². The maximum Gasteiger partial charge on any atom is 0.139 e. The zero-order valence-corrected chi connectivity index (χ0v) is 8.41. The number of aromatic nitrogens is 1. The third kappa shape index (κ3) is 1.99. The van der Waals surface area contributed by atoms with E-state index < -0.39 is 0 Å². The van der Waals surface area contributed by atoms with Crippen LogP contribution in [0.25, 0.3) is 0 Å². The molecule has 2 rings (SSSR count). The molecular formula is C9H7BrN2O. The van der Waals surface area contributed by atoms with E-state index in [1.807, 2.05) is 6.07 Å². The number of ether oxygens (including phenoxy) is 1. The van der Waals surface area contributed by atoms with Gasteiger partial charge in [0, 0.05) is 6.07 Å². The van der Waals surface area contributed by atoms with Gasteiger partial charge in [0.15, 0.2) is 0 Å². The zero-order valence-electron chi connectivity index (χ0n) is 6.83. The summed E-state index contributed by atoms with van der Waals surface area (Å²) in [5.41, 5.74) is 0.512. The lowest BCUT2D eigenvalue weighted by molar-refractivity contribution is 0.302. The Morgan fingerprint density at radius 1 is 1.62 bits per heavy atom. The maximum atomic E-state index is 8.72. The van der Waals surface area contributed by atoms with Crippen molar-refractivity contribution in [2.75, 3.05) is 0 Å². The first kappa shape index (κ1) is 8.52. The molecule has 0 unspecified atom stereocenters. The van der Waals surface area contributed by atoms with E-state index in [-0.39, 0.29) is 0 Å². The summed E-state index contributed by atoms with van der Waals surface area (Å²) >= 11 is 3.18. The van der Waals surface area contributed by atoms with Gasteiger partial charge in [-0.2, -0.15) is 5.26 Å². The summed E-state index contributed by atoms with van der Waals surface area (Å²) in [4.78, 5) is 4.00. The van der Waals surface area contributed by atoms with Crippen LogP contribution in [-0.4, -0.2) is 11.1 Å². The molecule has 0 spiro atoms. The van der Waals surface area contributed by atoms with Crippen molar-refractivity contribution in [2.45, 2.75) is 18.9 Å². The van der Waals surface area contributed by atoms with Crippen LogP contribution in [0.2, 0.25) is 0 Å². The van der Waals surface area contributed by atoms with Crippen molar-refractivity contribution in [2.24, 2.45) is 0 Å². The molecule has 13 heavy (non-hydrogen) atoms. The summed E-state index contributed by atoms with van der Waals surface area (Å²) in [7, 11) is 0. The average Bonchev–Trinajstić information content (AvgIpc) is 2.92. The monoisotopic (exact) mass is 238 g/mol. The smallest absolute Gasteiger partial charge is 0.139 e. The Bertz CT molecular complexity index is 368. The Morgan fingerprint density at radius 2 is 2.38 bits per heavy atom. The molecule has 0 aromatic carbocycles. The lowest BCUT2D eigenvalue weighted by Gasteiger charge is -2.03. The van der Waals surface area contributed by atoms with Gasteiger partial charge in [0.25, 0.3) is 0 Å². The first-order chi connectivity index (χ1) is 6.29. The molecule has 1 aliphatic carbocycles. The number of pyridine rings is 1. The van der Waals surface area contributed by atoms with Gasteiger partial charge in [0.1, 0.15) is 16.4 Å². The molecule has 1 saturated carbocycles. The van der Waals surface area contributed by atoms with Crippen molar-refractivity contribution in [3.8, 4) is 11.8 Å². The standard InChI is InChI=1S/C9H7BrN2O/c10-9-6(4-11)3-8(5-12-9)13-7-1-2-7/h3,5,7H,1-2H2. The van der Waals surface area contributed by atoms with Crippen LogP contribution in [0.4, 0.5) is 0 Å². The van der Waals surface area contributed by atoms with Gasteiger partial charge in [0.2, 0.25) is 0 Å². The first-order valence-corrected chi connectivity index (χ1v) is 4.81. The van der Waals surface area contributed by atoms with Gasteiger partial charge >= 0.3 is 0 Å². The highest BCUT2D eigenvalue weighted by Gasteiger charge is 2.23. The van der Waals surface area contributed by atoms with Gasteiger partial charge in [-0.05, 0) is 28.8 Å². The van der Waals surface area contributed by atoms with Crippen molar-refractivity contribution in [3.05, 3.63) is 22.4 Å². The SMILES string of the molecule is N#Cc1cc(OC2CC2)cnc1Br. The zero-order chi connectivity index (χ0) is 9.26. The van der Waals surface area contributed by atoms with E-state index in [4.69, 9.17) is 10.00 Å². The molecule has 1 aromatic heterocycles. The molecule has 4 heteroatoms. The fourth-order valence-electron chi connectivity index (χ4n) is 0.950. The Hall–Kier alpha value is -1.08. The summed E-state index contributed by atoms with van der Waals surface area (Å²) in [5.74, 6) is 0.683. The molecule has 1 fully saturated rings. The third-order valence-corrected chi connectivity index (χ3v) is 2.39. The fourth-order valence-corrected chi connectivity index (χ4v) is 1.26. The van der Waals surface area contributed by atoms with Crippen molar-refractivity contribution >= 4 is 15.9 Å². The molecule has 0 atom stereocenters. The third-order valence-electron chi connectivity index (χ3n) is 1.76. The number of rotatable bonds is 2. The van der Waals surface area contributed by atoms with Gasteiger partial charge in [-0.25, -0.2) is 4.98 Å². The van der Waals surface area contributed by atoms with Gasteiger partial charge in [-0.3, -0.25) is 0 Å². The normalized spacial score (nSPS) is 15.1. The summed E-state index contributed by atoms with van der Waals surface area (Å²) < 4.78 is 6.06. The lowest BCUT2D eigenvalue weighted by Crippen LogP contribution is -1.97. The van der Waals surface area contributed by atoms with Crippen LogP contribution >= 0.6 is 15.9 Å². The molecule has 1 aromatic rings. The van der Waals surface area contributed by atoms with E-state index in [0.717, 1.165) is 12.8 Å². The van der Waals surface area contributed by atoms with E-state index in [1.54, 1.807) is 12.3 Å². The predicted octanol–water partition coefficient (Wildman–Crippen LogP) is 2.26. The number of halogens is 1. The summed E-state index contributed by atoms with van der Waals surface area (Å²) in [5, 5.41) is 8.72. The maximum absolute atomic E-state index is 8.72. The Morgan fingerprint density at radius 3 is 3.00 bits per heavy atom. The van der Waals surface area contributed by atoms with Crippen molar-refractivity contribution in [1.82, 2.24) is 4.98 Å². The second-order valence-corrected chi connectivity index (χ2v) is 3.69. The second-order valence-electron chi connectivity index (χ2n) is 2.94. The molecule has 0 bridgehead atoms. The highest BCUT2D eigenvalue weighted by Crippen LogP contribution is 2.27. The molecule has 3 nitrogen and oxygen atoms in total. The van der Waals surface area contributed by atoms with E-state index in [1.165, 1.54) is 0 Å². The van der Waals surface area contributed by atoms with Crippen LogP contribution in [0.3, 0.4) is 0 Å². The summed E-state index contributed by atoms with van der Waals surface area (Å²) in [6, 6.07) is 3.74. The van der Waals surface area contributed by atoms with Crippen LogP contribution in [0, 0.1) is 11.3 Å². The Kier molecular flexibility index (Phi) is 2.19. The summed E-state index contributed by atoms with van der Waals surface area (Å²) in [6.45, 7) is 0. The minimum atomic E-state index is 0.342. The van der Waals surface area contributed by atoms with E-state index >= 15 is 0 Å². The van der Waals surface area contributed by atoms with Crippen molar-refractivity contribution in [3.63, 3.8) is 0 Å². The average molecular weight is 239 g/mol. The highest BCUT2D eigenvalue weighted by atomic mass is 79.9. The highest BCUT2D eigenvalue weighted by molar-refractivity contribution is 9.10. The van der Waals surface area contributed by atoms with Gasteiger partial charge in [-0.1, -0.05) is 0 Å². The van der Waals surface area contributed by atoms with Gasteiger partial charge in [0.05, 0.1) is 17.9 Å². The van der Waals surface area contributed by atoms with Crippen LogP contribution in [0.1, 0.15) is 18.4 Å². The predicted molar refractivity (Wildman–Crippen MR) is 50.3 cm³/mol. The molecule has 66 valence electrons. The Labute approximate surface area is 84.5 Å². The van der Waals surface area contributed by atoms with Crippen molar-refractivity contribution < 1.29 is 4.74 Å². The van der Waals surface area contributed by atoms with Crippen molar-refractivity contribution in [1.29, 1.82) is 5.26 Å². The molecule has 1 heterocycles. The number of hydrogen-bond acceptors (Lipinski definition) is 3. The van der Waals surface area contributed by atoms with E-state index in [2.05, 4.69) is 20.9 Å². The van der Waals surface area contributed by atoms with Crippen LogP contribution < -0.4 is 4.74 Å². The van der Waals surface area contributed by atoms with Gasteiger partial charge < -0.3 is 4.74 Å². The lowest BCUT2D eigenvalue weighted by atomic mass is 10.3. The Balaban J connectivity index is 2.22. The molecule has 0 saturated heterocycles. The molecule has 0 radical (unpaired) electrons. The molecule has 1 aliphatic rings. The fraction of sp³-hybridized carbons (Fsp3) is 0.333. The minimum Gasteiger partial charge on any atom is -0.489 e. The second kappa shape index (κ2) is 3.35. The number of nitrogens with zero attached hydrogens (tertiary/aromatic N) is 2. The summed E-state index contributed by atoms with van der Waals surface area (Å²) in [6.07, 6.45) is 4.19. The molecular weight excluding hydrogens is 232 g/mol. The number of hydrogen-bond donors (Lipinski definition) is 0. The molecule has 0 aliphatic heterocycles. The minimum absolute atomic E-state index is 0.342. The molecule has 0 amide bonds. The number of nitriles is 1.